The molecule has 2 rings (SSSR count). The van der Waals surface area contributed by atoms with E-state index in [1.807, 2.05) is 32.0 Å². The average molecular weight is 251 g/mol. The van der Waals surface area contributed by atoms with Gasteiger partial charge in [-0.25, -0.2) is 0 Å². The van der Waals surface area contributed by atoms with Crippen molar-refractivity contribution in [2.24, 2.45) is 0 Å². The number of hydrogen-bond donors (Lipinski definition) is 1. The smallest absolute Gasteiger partial charge is 0.246 e. The van der Waals surface area contributed by atoms with Crippen LogP contribution in [0.15, 0.2) is 18.2 Å². The fraction of sp³-hybridized carbons (Fsp3) is 0.462. The molecule has 1 amide bonds. The van der Waals surface area contributed by atoms with Crippen LogP contribution in [0, 0.1) is 0 Å². The van der Waals surface area contributed by atoms with Gasteiger partial charge in [0.25, 0.3) is 0 Å². The van der Waals surface area contributed by atoms with Gasteiger partial charge < -0.3 is 19.5 Å². The summed E-state index contributed by atoms with van der Waals surface area (Å²) in [4.78, 5) is 11.5. The van der Waals surface area contributed by atoms with Crippen LogP contribution >= 0.6 is 0 Å². The average Bonchev–Trinajstić information content (AvgIpc) is 2.81. The van der Waals surface area contributed by atoms with E-state index in [0.717, 1.165) is 17.1 Å². The maximum absolute atomic E-state index is 11.5. The van der Waals surface area contributed by atoms with E-state index in [2.05, 4.69) is 5.32 Å². The minimum absolute atomic E-state index is 0.0568. The Bertz CT molecular complexity index is 431. The molecule has 0 saturated heterocycles. The third kappa shape index (κ3) is 3.37. The number of rotatable bonds is 5. The molecule has 0 bridgehead atoms. The normalized spacial score (nSPS) is 12.8. The highest BCUT2D eigenvalue weighted by Crippen LogP contribution is 2.32. The first-order chi connectivity index (χ1) is 8.65. The molecule has 98 valence electrons. The summed E-state index contributed by atoms with van der Waals surface area (Å²) in [6.45, 7) is 4.59. The molecule has 0 fully saturated rings. The van der Waals surface area contributed by atoms with Crippen molar-refractivity contribution in [1.29, 1.82) is 0 Å². The number of carbonyl (C=O) groups excluding carboxylic acids is 1. The quantitative estimate of drug-likeness (QED) is 0.860. The summed E-state index contributed by atoms with van der Waals surface area (Å²) in [6, 6.07) is 5.61. The predicted molar refractivity (Wildman–Crippen MR) is 65.5 cm³/mol. The van der Waals surface area contributed by atoms with Crippen LogP contribution in [0.25, 0.3) is 0 Å². The first-order valence-electron chi connectivity index (χ1n) is 5.92. The van der Waals surface area contributed by atoms with Gasteiger partial charge in [-0.1, -0.05) is 6.07 Å². The van der Waals surface area contributed by atoms with Gasteiger partial charge in [0.05, 0.1) is 6.10 Å². The van der Waals surface area contributed by atoms with Crippen molar-refractivity contribution in [1.82, 2.24) is 5.32 Å². The Morgan fingerprint density at radius 3 is 2.94 bits per heavy atom. The van der Waals surface area contributed by atoms with Gasteiger partial charge in [-0.3, -0.25) is 4.79 Å². The monoisotopic (exact) mass is 251 g/mol. The van der Waals surface area contributed by atoms with Crippen LogP contribution in [-0.4, -0.2) is 25.4 Å². The highest BCUT2D eigenvalue weighted by Gasteiger charge is 2.13. The van der Waals surface area contributed by atoms with Crippen molar-refractivity contribution in [3.8, 4) is 11.5 Å². The second-order valence-corrected chi connectivity index (χ2v) is 4.32. The van der Waals surface area contributed by atoms with Crippen LogP contribution in [0.1, 0.15) is 19.4 Å². The van der Waals surface area contributed by atoms with Gasteiger partial charge >= 0.3 is 0 Å². The van der Waals surface area contributed by atoms with Crippen LogP contribution in [0.2, 0.25) is 0 Å². The summed E-state index contributed by atoms with van der Waals surface area (Å²) >= 11 is 0. The largest absolute Gasteiger partial charge is 0.454 e. The zero-order valence-electron chi connectivity index (χ0n) is 10.6. The van der Waals surface area contributed by atoms with Crippen molar-refractivity contribution < 1.29 is 19.0 Å². The minimum Gasteiger partial charge on any atom is -0.454 e. The first-order valence-corrected chi connectivity index (χ1v) is 5.92. The Kier molecular flexibility index (Phi) is 4.04. The van der Waals surface area contributed by atoms with Crippen LogP contribution in [0.4, 0.5) is 0 Å². The molecule has 0 saturated carbocycles. The van der Waals surface area contributed by atoms with E-state index < -0.39 is 0 Å². The number of fused-ring (bicyclic) bond motifs is 1. The Labute approximate surface area is 106 Å². The third-order valence-electron chi connectivity index (χ3n) is 2.47. The van der Waals surface area contributed by atoms with E-state index in [4.69, 9.17) is 14.2 Å². The zero-order chi connectivity index (χ0) is 13.0. The zero-order valence-corrected chi connectivity index (χ0v) is 10.6. The summed E-state index contributed by atoms with van der Waals surface area (Å²) in [7, 11) is 0. The van der Waals surface area contributed by atoms with Crippen molar-refractivity contribution in [3.05, 3.63) is 23.8 Å². The van der Waals surface area contributed by atoms with Crippen LogP contribution < -0.4 is 14.8 Å². The van der Waals surface area contributed by atoms with E-state index in [1.165, 1.54) is 0 Å². The van der Waals surface area contributed by atoms with Gasteiger partial charge in [0.2, 0.25) is 12.7 Å². The van der Waals surface area contributed by atoms with Crippen molar-refractivity contribution in [2.45, 2.75) is 26.5 Å². The van der Waals surface area contributed by atoms with E-state index >= 15 is 0 Å². The first kappa shape index (κ1) is 12.7. The molecule has 0 aliphatic carbocycles. The maximum atomic E-state index is 11.5. The third-order valence-corrected chi connectivity index (χ3v) is 2.47. The molecule has 1 aliphatic heterocycles. The molecular weight excluding hydrogens is 234 g/mol. The van der Waals surface area contributed by atoms with Crippen LogP contribution in [-0.2, 0) is 16.1 Å². The molecule has 5 heteroatoms. The van der Waals surface area contributed by atoms with E-state index in [1.54, 1.807) is 0 Å². The van der Waals surface area contributed by atoms with Gasteiger partial charge in [0.15, 0.2) is 11.5 Å². The summed E-state index contributed by atoms with van der Waals surface area (Å²) < 4.78 is 15.7. The molecule has 18 heavy (non-hydrogen) atoms. The lowest BCUT2D eigenvalue weighted by atomic mass is 10.2. The lowest BCUT2D eigenvalue weighted by molar-refractivity contribution is -0.127. The molecule has 0 aromatic heterocycles. The number of hydrogen-bond acceptors (Lipinski definition) is 4. The second kappa shape index (κ2) is 5.73. The van der Waals surface area contributed by atoms with E-state index in [-0.39, 0.29) is 25.4 Å². The van der Waals surface area contributed by atoms with Crippen LogP contribution in [0.3, 0.4) is 0 Å². The SMILES string of the molecule is CC(C)OCC(=O)NCc1ccc2c(c1)OCO2. The van der Waals surface area contributed by atoms with Gasteiger partial charge in [-0.15, -0.1) is 0 Å². The van der Waals surface area contributed by atoms with Gasteiger partial charge in [-0.05, 0) is 31.5 Å². The lowest BCUT2D eigenvalue weighted by Crippen LogP contribution is -2.28. The van der Waals surface area contributed by atoms with Crippen molar-refractivity contribution >= 4 is 5.91 Å². The maximum Gasteiger partial charge on any atom is 0.246 e. The fourth-order valence-corrected chi connectivity index (χ4v) is 1.54. The molecule has 0 unspecified atom stereocenters. The molecule has 1 N–H and O–H groups in total. The number of carbonyl (C=O) groups is 1. The number of ether oxygens (including phenoxy) is 3. The molecule has 0 radical (unpaired) electrons. The molecule has 1 heterocycles. The summed E-state index contributed by atoms with van der Waals surface area (Å²) in [5, 5.41) is 2.79. The molecular formula is C13H17NO4. The summed E-state index contributed by atoms with van der Waals surface area (Å²) in [6.07, 6.45) is 0.0568. The van der Waals surface area contributed by atoms with Crippen LogP contribution in [0.5, 0.6) is 11.5 Å². The summed E-state index contributed by atoms with van der Waals surface area (Å²) in [5.74, 6) is 1.34. The molecule has 5 nitrogen and oxygen atoms in total. The van der Waals surface area contributed by atoms with Gasteiger partial charge in [0, 0.05) is 6.54 Å². The lowest BCUT2D eigenvalue weighted by Gasteiger charge is -2.08. The number of nitrogens with one attached hydrogen (secondary N) is 1. The standard InChI is InChI=1S/C13H17NO4/c1-9(2)16-7-13(15)14-6-10-3-4-11-12(5-10)18-8-17-11/h3-5,9H,6-8H2,1-2H3,(H,14,15). The molecule has 1 aromatic carbocycles. The highest BCUT2D eigenvalue weighted by atomic mass is 16.7. The predicted octanol–water partition coefficient (Wildman–Crippen LogP) is 1.46. The topological polar surface area (TPSA) is 56.8 Å². The van der Waals surface area contributed by atoms with Crippen molar-refractivity contribution in [3.63, 3.8) is 0 Å². The van der Waals surface area contributed by atoms with E-state index in [9.17, 15) is 4.79 Å². The van der Waals surface area contributed by atoms with Crippen molar-refractivity contribution in [2.75, 3.05) is 13.4 Å². The Hall–Kier alpha value is -1.75. The molecule has 0 atom stereocenters. The number of benzene rings is 1. The highest BCUT2D eigenvalue weighted by molar-refractivity contribution is 5.77. The summed E-state index contributed by atoms with van der Waals surface area (Å²) in [5.41, 5.74) is 0.970. The van der Waals surface area contributed by atoms with Gasteiger partial charge in [0.1, 0.15) is 6.61 Å². The number of amides is 1. The minimum atomic E-state index is -0.124. The van der Waals surface area contributed by atoms with E-state index in [0.29, 0.717) is 6.54 Å². The fourth-order valence-electron chi connectivity index (χ4n) is 1.54. The molecule has 1 aromatic rings. The second-order valence-electron chi connectivity index (χ2n) is 4.32. The molecule has 0 spiro atoms. The molecule has 1 aliphatic rings. The Balaban J connectivity index is 1.81. The van der Waals surface area contributed by atoms with Gasteiger partial charge in [-0.2, -0.15) is 0 Å². The Morgan fingerprint density at radius 1 is 1.39 bits per heavy atom. The Morgan fingerprint density at radius 2 is 2.17 bits per heavy atom.